The number of rotatable bonds is 3. The summed E-state index contributed by atoms with van der Waals surface area (Å²) in [7, 11) is 0. The molecule has 0 radical (unpaired) electrons. The van der Waals surface area contributed by atoms with Gasteiger partial charge in [0, 0.05) is 19.2 Å². The second kappa shape index (κ2) is 5.64. The molecule has 2 aliphatic rings. The quantitative estimate of drug-likeness (QED) is 0.890. The fourth-order valence-corrected chi connectivity index (χ4v) is 2.93. The number of nitrogens with zero attached hydrogens (tertiary/aromatic N) is 3. The first-order valence-corrected chi connectivity index (χ1v) is 7.31. The van der Waals surface area contributed by atoms with Crippen LogP contribution in [0.3, 0.4) is 0 Å². The summed E-state index contributed by atoms with van der Waals surface area (Å²) in [5.74, 6) is -0.0939. The van der Waals surface area contributed by atoms with E-state index in [2.05, 4.69) is 10.4 Å². The minimum Gasteiger partial charge on any atom is -0.347 e. The lowest BCUT2D eigenvalue weighted by Gasteiger charge is -2.18. The van der Waals surface area contributed by atoms with E-state index >= 15 is 0 Å². The van der Waals surface area contributed by atoms with Crippen LogP contribution in [0.2, 0.25) is 0 Å². The molecule has 6 nitrogen and oxygen atoms in total. The highest BCUT2D eigenvalue weighted by atomic mass is 16.2. The van der Waals surface area contributed by atoms with Crippen LogP contribution in [0, 0.1) is 0 Å². The van der Waals surface area contributed by atoms with Crippen LogP contribution in [-0.2, 0) is 16.1 Å². The summed E-state index contributed by atoms with van der Waals surface area (Å²) in [5, 5.41) is 7.19. The molecule has 1 aliphatic heterocycles. The third-order valence-corrected chi connectivity index (χ3v) is 4.11. The Morgan fingerprint density at radius 2 is 2.10 bits per heavy atom. The lowest BCUT2D eigenvalue weighted by atomic mass is 10.3. The summed E-state index contributed by atoms with van der Waals surface area (Å²) >= 11 is 0. The third kappa shape index (κ3) is 2.84. The summed E-state index contributed by atoms with van der Waals surface area (Å²) in [6.45, 7) is 1.07. The van der Waals surface area contributed by atoms with Gasteiger partial charge in [-0.15, -0.1) is 0 Å². The maximum Gasteiger partial charge on any atom is 0.242 e. The molecular weight excluding hydrogens is 256 g/mol. The van der Waals surface area contributed by atoms with Crippen molar-refractivity contribution in [1.29, 1.82) is 0 Å². The Bertz CT molecular complexity index is 505. The Morgan fingerprint density at radius 3 is 2.90 bits per heavy atom. The summed E-state index contributed by atoms with van der Waals surface area (Å²) < 4.78 is 2.04. The molecule has 1 saturated carbocycles. The van der Waals surface area contributed by atoms with Crippen LogP contribution in [0.25, 0.3) is 0 Å². The number of amides is 2. The Hall–Kier alpha value is -1.85. The van der Waals surface area contributed by atoms with E-state index in [0.717, 1.165) is 5.69 Å². The highest BCUT2D eigenvalue weighted by Gasteiger charge is 2.22. The van der Waals surface area contributed by atoms with Gasteiger partial charge in [0.1, 0.15) is 0 Å². The Kier molecular flexibility index (Phi) is 3.71. The van der Waals surface area contributed by atoms with Crippen molar-refractivity contribution >= 4 is 11.8 Å². The van der Waals surface area contributed by atoms with Crippen molar-refractivity contribution in [3.05, 3.63) is 18.0 Å². The SMILES string of the molecule is O=C1CCN(Cc2ccn(C3CCCC3)n2)C(=O)CN1. The van der Waals surface area contributed by atoms with Crippen LogP contribution in [0.4, 0.5) is 0 Å². The largest absolute Gasteiger partial charge is 0.347 e. The van der Waals surface area contributed by atoms with Crippen molar-refractivity contribution in [2.45, 2.75) is 44.7 Å². The van der Waals surface area contributed by atoms with Gasteiger partial charge in [0.15, 0.2) is 0 Å². The smallest absolute Gasteiger partial charge is 0.242 e. The molecule has 1 aliphatic carbocycles. The van der Waals surface area contributed by atoms with Gasteiger partial charge in [0.05, 0.1) is 24.8 Å². The van der Waals surface area contributed by atoms with Gasteiger partial charge in [-0.3, -0.25) is 14.3 Å². The second-order valence-corrected chi connectivity index (χ2v) is 5.57. The van der Waals surface area contributed by atoms with Crippen LogP contribution < -0.4 is 5.32 Å². The number of carbonyl (C=O) groups excluding carboxylic acids is 2. The van der Waals surface area contributed by atoms with E-state index in [1.807, 2.05) is 16.9 Å². The summed E-state index contributed by atoms with van der Waals surface area (Å²) in [4.78, 5) is 24.9. The molecule has 0 bridgehead atoms. The highest BCUT2D eigenvalue weighted by Crippen LogP contribution is 2.28. The van der Waals surface area contributed by atoms with E-state index in [1.165, 1.54) is 25.7 Å². The number of hydrogen-bond donors (Lipinski definition) is 1. The molecule has 20 heavy (non-hydrogen) atoms. The first kappa shape index (κ1) is 13.1. The number of hydrogen-bond acceptors (Lipinski definition) is 3. The second-order valence-electron chi connectivity index (χ2n) is 5.57. The van der Waals surface area contributed by atoms with Gasteiger partial charge in [-0.05, 0) is 18.9 Å². The molecule has 2 heterocycles. The zero-order chi connectivity index (χ0) is 13.9. The van der Waals surface area contributed by atoms with E-state index in [-0.39, 0.29) is 18.4 Å². The molecule has 3 rings (SSSR count). The summed E-state index contributed by atoms with van der Waals surface area (Å²) in [6.07, 6.45) is 7.33. The molecule has 108 valence electrons. The zero-order valence-corrected chi connectivity index (χ0v) is 11.5. The molecule has 2 amide bonds. The Morgan fingerprint density at radius 1 is 1.30 bits per heavy atom. The van der Waals surface area contributed by atoms with E-state index in [9.17, 15) is 9.59 Å². The molecule has 1 saturated heterocycles. The standard InChI is InChI=1S/C14H20N4O2/c19-13-6-7-17(14(20)9-15-13)10-11-5-8-18(16-11)12-3-1-2-4-12/h5,8,12H,1-4,6-7,9-10H2,(H,15,19). The van der Waals surface area contributed by atoms with E-state index in [0.29, 0.717) is 25.6 Å². The van der Waals surface area contributed by atoms with Crippen LogP contribution in [0.1, 0.15) is 43.8 Å². The maximum absolute atomic E-state index is 11.9. The van der Waals surface area contributed by atoms with E-state index in [4.69, 9.17) is 0 Å². The van der Waals surface area contributed by atoms with Crippen molar-refractivity contribution in [2.75, 3.05) is 13.1 Å². The minimum absolute atomic E-state index is 0.0359. The molecule has 0 spiro atoms. The summed E-state index contributed by atoms with van der Waals surface area (Å²) in [5.41, 5.74) is 0.902. The average Bonchev–Trinajstić information content (AvgIpc) is 3.08. The fraction of sp³-hybridized carbons (Fsp3) is 0.643. The number of aromatic nitrogens is 2. The fourth-order valence-electron chi connectivity index (χ4n) is 2.93. The van der Waals surface area contributed by atoms with Crippen LogP contribution in [-0.4, -0.2) is 39.6 Å². The highest BCUT2D eigenvalue weighted by molar-refractivity contribution is 5.87. The Balaban J connectivity index is 1.64. The van der Waals surface area contributed by atoms with Crippen LogP contribution in [0.5, 0.6) is 0 Å². The van der Waals surface area contributed by atoms with Gasteiger partial charge in [0.25, 0.3) is 0 Å². The van der Waals surface area contributed by atoms with Crippen LogP contribution in [0.15, 0.2) is 12.3 Å². The molecule has 0 unspecified atom stereocenters. The molecule has 6 heteroatoms. The normalized spacial score (nSPS) is 21.1. The molecule has 2 fully saturated rings. The Labute approximate surface area is 118 Å². The topological polar surface area (TPSA) is 67.2 Å². The van der Waals surface area contributed by atoms with Crippen molar-refractivity contribution in [1.82, 2.24) is 20.0 Å². The molecule has 0 atom stereocenters. The van der Waals surface area contributed by atoms with Crippen molar-refractivity contribution in [3.63, 3.8) is 0 Å². The molecule has 1 aromatic rings. The lowest BCUT2D eigenvalue weighted by molar-refractivity contribution is -0.130. The van der Waals surface area contributed by atoms with Crippen molar-refractivity contribution in [2.24, 2.45) is 0 Å². The van der Waals surface area contributed by atoms with Gasteiger partial charge < -0.3 is 10.2 Å². The van der Waals surface area contributed by atoms with Gasteiger partial charge in [-0.2, -0.15) is 5.10 Å². The minimum atomic E-state index is -0.0580. The van der Waals surface area contributed by atoms with Crippen molar-refractivity contribution in [3.8, 4) is 0 Å². The van der Waals surface area contributed by atoms with Gasteiger partial charge in [-0.1, -0.05) is 12.8 Å². The zero-order valence-electron chi connectivity index (χ0n) is 11.5. The van der Waals surface area contributed by atoms with Crippen LogP contribution >= 0.6 is 0 Å². The van der Waals surface area contributed by atoms with Gasteiger partial charge in [0.2, 0.25) is 11.8 Å². The molecule has 1 N–H and O–H groups in total. The van der Waals surface area contributed by atoms with Gasteiger partial charge >= 0.3 is 0 Å². The first-order valence-electron chi connectivity index (χ1n) is 7.31. The summed E-state index contributed by atoms with van der Waals surface area (Å²) in [6, 6.07) is 2.50. The first-order chi connectivity index (χ1) is 9.72. The average molecular weight is 276 g/mol. The lowest BCUT2D eigenvalue weighted by Crippen LogP contribution is -2.34. The predicted molar refractivity (Wildman–Crippen MR) is 72.8 cm³/mol. The van der Waals surface area contributed by atoms with E-state index in [1.54, 1.807) is 4.90 Å². The predicted octanol–water partition coefficient (Wildman–Crippen LogP) is 0.847. The molecule has 1 aromatic heterocycles. The number of carbonyl (C=O) groups is 2. The van der Waals surface area contributed by atoms with E-state index < -0.39 is 0 Å². The third-order valence-electron chi connectivity index (χ3n) is 4.11. The molecular formula is C14H20N4O2. The maximum atomic E-state index is 11.9. The van der Waals surface area contributed by atoms with Crippen molar-refractivity contribution < 1.29 is 9.59 Å². The number of nitrogens with one attached hydrogen (secondary N) is 1. The van der Waals surface area contributed by atoms with Gasteiger partial charge in [-0.25, -0.2) is 0 Å². The molecule has 0 aromatic carbocycles. The monoisotopic (exact) mass is 276 g/mol.